The number of anilines is 1. The molecule has 0 saturated carbocycles. The summed E-state index contributed by atoms with van der Waals surface area (Å²) in [6.45, 7) is 3.19. The van der Waals surface area contributed by atoms with E-state index in [9.17, 15) is 29.3 Å². The summed E-state index contributed by atoms with van der Waals surface area (Å²) in [5.41, 5.74) is 2.60. The number of nitrogens with two attached hydrogens (primary N) is 1. The zero-order valence-corrected chi connectivity index (χ0v) is 14.1. The summed E-state index contributed by atoms with van der Waals surface area (Å²) in [4.78, 5) is 60.3. The Kier molecular flexibility index (Phi) is 5.19. The molecule has 11 heteroatoms. The molecule has 0 aliphatic carbocycles. The first-order valence-corrected chi connectivity index (χ1v) is 7.62. The highest BCUT2D eigenvalue weighted by Crippen LogP contribution is 2.10. The number of carbonyl (C=O) groups is 1. The van der Waals surface area contributed by atoms with Crippen LogP contribution in [0, 0.1) is 16.0 Å². The number of rotatable bonds is 6. The number of nitro groups is 1. The van der Waals surface area contributed by atoms with E-state index in [-0.39, 0.29) is 24.0 Å². The van der Waals surface area contributed by atoms with Gasteiger partial charge >= 0.3 is 5.69 Å². The average Bonchev–Trinajstić information content (AvgIpc) is 2.52. The highest BCUT2D eigenvalue weighted by Gasteiger charge is 2.21. The van der Waals surface area contributed by atoms with Crippen molar-refractivity contribution < 1.29 is 9.72 Å². The molecule has 0 saturated heterocycles. The van der Waals surface area contributed by atoms with E-state index in [4.69, 9.17) is 5.73 Å². The number of nitrogens with zero attached hydrogens (tertiary/aromatic N) is 3. The van der Waals surface area contributed by atoms with Crippen molar-refractivity contribution >= 4 is 17.3 Å². The zero-order valence-electron chi connectivity index (χ0n) is 14.1. The molecule has 2 rings (SSSR count). The largest absolute Gasteiger partial charge is 0.384 e. The minimum atomic E-state index is -0.976. The lowest BCUT2D eigenvalue weighted by Gasteiger charge is -2.14. The second-order valence-electron chi connectivity index (χ2n) is 6.06. The number of hydrogen-bond donors (Lipinski definition) is 2. The number of ketones is 1. The lowest BCUT2D eigenvalue weighted by molar-refractivity contribution is -0.385. The average molecular weight is 363 g/mol. The second kappa shape index (κ2) is 7.17. The van der Waals surface area contributed by atoms with Crippen molar-refractivity contribution in [2.24, 2.45) is 5.92 Å². The zero-order chi connectivity index (χ0) is 19.6. The molecule has 0 aromatic carbocycles. The normalized spacial score (nSPS) is 10.9. The van der Waals surface area contributed by atoms with E-state index in [1.807, 2.05) is 18.8 Å². The molecule has 2 aromatic rings. The van der Waals surface area contributed by atoms with Gasteiger partial charge < -0.3 is 10.3 Å². The number of pyridine rings is 1. The Morgan fingerprint density at radius 3 is 2.54 bits per heavy atom. The first kappa shape index (κ1) is 18.8. The van der Waals surface area contributed by atoms with Crippen LogP contribution in [0.15, 0.2) is 32.7 Å². The molecule has 2 heterocycles. The summed E-state index contributed by atoms with van der Waals surface area (Å²) >= 11 is 0. The quantitative estimate of drug-likeness (QED) is 0.405. The second-order valence-corrected chi connectivity index (χ2v) is 6.06. The Bertz CT molecular complexity index is 1050. The van der Waals surface area contributed by atoms with Crippen LogP contribution in [0.5, 0.6) is 0 Å². The van der Waals surface area contributed by atoms with Crippen LogP contribution in [0.2, 0.25) is 0 Å². The van der Waals surface area contributed by atoms with Crippen molar-refractivity contribution in [1.29, 1.82) is 0 Å². The topological polar surface area (TPSA) is 163 Å². The maximum absolute atomic E-state index is 12.5. The van der Waals surface area contributed by atoms with Gasteiger partial charge in [0.25, 0.3) is 16.8 Å². The van der Waals surface area contributed by atoms with E-state index >= 15 is 0 Å². The monoisotopic (exact) mass is 363 g/mol. The van der Waals surface area contributed by atoms with Crippen molar-refractivity contribution in [3.8, 4) is 0 Å². The Labute approximate surface area is 145 Å². The standard InChI is InChI=1S/C15H17N5O6/c1-8(2)5-19-13(16)12(14(23)17-15(19)24)10(21)7-18-6-9(20(25)26)3-4-11(18)22/h3-4,6,8H,5,7,16H2,1-2H3,(H,17,23,24). The van der Waals surface area contributed by atoms with Crippen molar-refractivity contribution in [2.45, 2.75) is 26.9 Å². The third-order valence-corrected chi connectivity index (χ3v) is 3.56. The van der Waals surface area contributed by atoms with E-state index in [0.29, 0.717) is 0 Å². The SMILES string of the molecule is CC(C)Cn1c(N)c(C(=O)Cn2cc([N+](=O)[O-])ccc2=O)c(=O)[nH]c1=O. The number of aromatic amines is 1. The number of nitrogens with one attached hydrogen (secondary N) is 1. The van der Waals surface area contributed by atoms with E-state index in [1.54, 1.807) is 0 Å². The maximum Gasteiger partial charge on any atom is 0.329 e. The Morgan fingerprint density at radius 1 is 1.31 bits per heavy atom. The fraction of sp³-hybridized carbons (Fsp3) is 0.333. The van der Waals surface area contributed by atoms with Crippen LogP contribution in [-0.4, -0.2) is 24.8 Å². The number of nitrogen functional groups attached to an aromatic ring is 1. The summed E-state index contributed by atoms with van der Waals surface area (Å²) in [5, 5.41) is 10.8. The Morgan fingerprint density at radius 2 is 1.96 bits per heavy atom. The first-order valence-electron chi connectivity index (χ1n) is 7.62. The number of Topliss-reactive ketones (excluding diaryl/α,β-unsaturated/α-hetero) is 1. The molecule has 26 heavy (non-hydrogen) atoms. The van der Waals surface area contributed by atoms with Gasteiger partial charge in [-0.25, -0.2) is 4.79 Å². The van der Waals surface area contributed by atoms with Gasteiger partial charge in [0.15, 0.2) is 5.78 Å². The maximum atomic E-state index is 12.5. The summed E-state index contributed by atoms with van der Waals surface area (Å²) in [7, 11) is 0. The van der Waals surface area contributed by atoms with Crippen LogP contribution in [0.3, 0.4) is 0 Å². The summed E-state index contributed by atoms with van der Waals surface area (Å²) in [5.74, 6) is -1.14. The minimum Gasteiger partial charge on any atom is -0.384 e. The van der Waals surface area contributed by atoms with Crippen LogP contribution < -0.4 is 22.5 Å². The van der Waals surface area contributed by atoms with E-state index < -0.39 is 39.6 Å². The molecule has 0 atom stereocenters. The Balaban J connectivity index is 2.50. The molecular weight excluding hydrogens is 346 g/mol. The summed E-state index contributed by atoms with van der Waals surface area (Å²) < 4.78 is 1.87. The molecule has 2 aromatic heterocycles. The highest BCUT2D eigenvalue weighted by atomic mass is 16.6. The van der Waals surface area contributed by atoms with E-state index in [0.717, 1.165) is 27.5 Å². The molecule has 11 nitrogen and oxygen atoms in total. The molecule has 0 bridgehead atoms. The summed E-state index contributed by atoms with van der Waals surface area (Å²) in [6.07, 6.45) is 0.898. The summed E-state index contributed by atoms with van der Waals surface area (Å²) in [6, 6.07) is 1.95. The third-order valence-electron chi connectivity index (χ3n) is 3.56. The number of aromatic nitrogens is 3. The van der Waals surface area contributed by atoms with Crippen molar-refractivity contribution in [2.75, 3.05) is 5.73 Å². The smallest absolute Gasteiger partial charge is 0.329 e. The van der Waals surface area contributed by atoms with Gasteiger partial charge in [0, 0.05) is 18.7 Å². The molecule has 3 N–H and O–H groups in total. The molecule has 0 fully saturated rings. The molecular formula is C15H17N5O6. The van der Waals surface area contributed by atoms with Crippen LogP contribution in [0.25, 0.3) is 0 Å². The van der Waals surface area contributed by atoms with E-state index in [1.165, 1.54) is 0 Å². The Hall–Kier alpha value is -3.50. The molecule has 0 aliphatic rings. The van der Waals surface area contributed by atoms with Gasteiger partial charge in [-0.3, -0.25) is 34.0 Å². The van der Waals surface area contributed by atoms with Crippen molar-refractivity contribution in [3.63, 3.8) is 0 Å². The molecule has 0 spiro atoms. The van der Waals surface area contributed by atoms with Crippen LogP contribution in [-0.2, 0) is 13.1 Å². The fourth-order valence-corrected chi connectivity index (χ4v) is 2.39. The number of carbonyl (C=O) groups excluding carboxylic acids is 1. The van der Waals surface area contributed by atoms with Crippen molar-refractivity contribution in [3.05, 3.63) is 65.2 Å². The molecule has 0 radical (unpaired) electrons. The molecule has 0 unspecified atom stereocenters. The van der Waals surface area contributed by atoms with Gasteiger partial charge in [0.05, 0.1) is 17.7 Å². The van der Waals surface area contributed by atoms with Crippen LogP contribution in [0.1, 0.15) is 24.2 Å². The molecule has 0 aliphatic heterocycles. The van der Waals surface area contributed by atoms with E-state index in [2.05, 4.69) is 0 Å². The van der Waals surface area contributed by atoms with Gasteiger partial charge in [-0.15, -0.1) is 0 Å². The first-order chi connectivity index (χ1) is 12.1. The lowest BCUT2D eigenvalue weighted by atomic mass is 10.1. The number of hydrogen-bond acceptors (Lipinski definition) is 7. The van der Waals surface area contributed by atoms with Gasteiger partial charge in [0.1, 0.15) is 11.4 Å². The predicted molar refractivity (Wildman–Crippen MR) is 92.3 cm³/mol. The lowest BCUT2D eigenvalue weighted by Crippen LogP contribution is -2.38. The molecule has 138 valence electrons. The van der Waals surface area contributed by atoms with Gasteiger partial charge in [-0.2, -0.15) is 0 Å². The minimum absolute atomic E-state index is 0.0169. The fourth-order valence-electron chi connectivity index (χ4n) is 2.39. The van der Waals surface area contributed by atoms with Crippen molar-refractivity contribution in [1.82, 2.24) is 14.1 Å². The number of H-pyrrole nitrogens is 1. The van der Waals surface area contributed by atoms with Gasteiger partial charge in [0.2, 0.25) is 0 Å². The van der Waals surface area contributed by atoms with Gasteiger partial charge in [-0.05, 0) is 5.92 Å². The van der Waals surface area contributed by atoms with Gasteiger partial charge in [-0.1, -0.05) is 13.8 Å². The van der Waals surface area contributed by atoms with Crippen LogP contribution >= 0.6 is 0 Å². The third kappa shape index (κ3) is 3.77. The predicted octanol–water partition coefficient (Wildman–Crippen LogP) is -0.272. The highest BCUT2D eigenvalue weighted by molar-refractivity contribution is 5.99. The molecule has 0 amide bonds. The van der Waals surface area contributed by atoms with Crippen LogP contribution in [0.4, 0.5) is 11.5 Å².